The largest absolute Gasteiger partial charge is 0.489 e. The molecule has 0 aliphatic carbocycles. The van der Waals surface area contributed by atoms with Gasteiger partial charge in [-0.3, -0.25) is 4.79 Å². The average Bonchev–Trinajstić information content (AvgIpc) is 3.05. The molecule has 1 aromatic heterocycles. The summed E-state index contributed by atoms with van der Waals surface area (Å²) < 4.78 is 11.0. The number of benzene rings is 2. The molecule has 0 aliphatic heterocycles. The molecule has 3 rings (SSSR count). The number of ether oxygens (including phenoxy) is 1. The first kappa shape index (κ1) is 19.7. The summed E-state index contributed by atoms with van der Waals surface area (Å²) in [5.74, 6) is 1.51. The van der Waals surface area contributed by atoms with Crippen molar-refractivity contribution in [1.29, 1.82) is 0 Å². The summed E-state index contributed by atoms with van der Waals surface area (Å²) >= 11 is 0. The molecular formula is C23H26N2O3. The van der Waals surface area contributed by atoms with Crippen LogP contribution in [0.1, 0.15) is 39.9 Å². The summed E-state index contributed by atoms with van der Waals surface area (Å²) in [6.45, 7) is 7.54. The van der Waals surface area contributed by atoms with Gasteiger partial charge in [-0.25, -0.2) is 0 Å². The van der Waals surface area contributed by atoms with Crippen LogP contribution in [0.5, 0.6) is 5.75 Å². The van der Waals surface area contributed by atoms with Crippen molar-refractivity contribution in [3.05, 3.63) is 82.7 Å². The maximum atomic E-state index is 12.8. The van der Waals surface area contributed by atoms with E-state index in [1.165, 1.54) is 5.56 Å². The Morgan fingerprint density at radius 1 is 1.07 bits per heavy atom. The number of nitrogens with zero attached hydrogens (tertiary/aromatic N) is 2. The molecule has 28 heavy (non-hydrogen) atoms. The lowest BCUT2D eigenvalue weighted by atomic mass is 10.1. The molecule has 1 amide bonds. The number of aryl methyl sites for hydroxylation is 2. The van der Waals surface area contributed by atoms with Crippen LogP contribution in [-0.4, -0.2) is 29.1 Å². The molecule has 3 aromatic rings. The lowest BCUT2D eigenvalue weighted by Crippen LogP contribution is -2.32. The summed E-state index contributed by atoms with van der Waals surface area (Å²) in [5.41, 5.74) is 3.69. The molecule has 146 valence electrons. The second kappa shape index (κ2) is 9.22. The fourth-order valence-electron chi connectivity index (χ4n) is 3.05. The topological polar surface area (TPSA) is 55.6 Å². The molecule has 0 fully saturated rings. The molecule has 0 unspecified atom stereocenters. The average molecular weight is 378 g/mol. The number of hydrogen-bond acceptors (Lipinski definition) is 4. The molecule has 0 atom stereocenters. The van der Waals surface area contributed by atoms with E-state index in [2.05, 4.69) is 17.3 Å². The van der Waals surface area contributed by atoms with Gasteiger partial charge in [0.15, 0.2) is 0 Å². The maximum Gasteiger partial charge on any atom is 0.253 e. The Hall–Kier alpha value is -3.08. The number of rotatable bonds is 8. The van der Waals surface area contributed by atoms with Gasteiger partial charge in [-0.2, -0.15) is 0 Å². The fourth-order valence-corrected chi connectivity index (χ4v) is 3.05. The van der Waals surface area contributed by atoms with Gasteiger partial charge in [0.2, 0.25) is 0 Å². The van der Waals surface area contributed by atoms with E-state index in [1.54, 1.807) is 0 Å². The van der Waals surface area contributed by atoms with E-state index in [1.807, 2.05) is 68.1 Å². The highest BCUT2D eigenvalue weighted by atomic mass is 16.5. The lowest BCUT2D eigenvalue weighted by Gasteiger charge is -2.21. The van der Waals surface area contributed by atoms with Crippen LogP contribution in [0.3, 0.4) is 0 Å². The Bertz CT molecular complexity index is 882. The molecular weight excluding hydrogens is 352 g/mol. The highest BCUT2D eigenvalue weighted by molar-refractivity contribution is 5.94. The van der Waals surface area contributed by atoms with Crippen LogP contribution in [0, 0.1) is 13.8 Å². The van der Waals surface area contributed by atoms with Crippen molar-refractivity contribution in [3.8, 4) is 5.75 Å². The van der Waals surface area contributed by atoms with Crippen LogP contribution in [0.4, 0.5) is 0 Å². The Morgan fingerprint density at radius 3 is 2.39 bits per heavy atom. The summed E-state index contributed by atoms with van der Waals surface area (Å²) in [5, 5.41) is 3.93. The SMILES string of the molecule is CCN(CCc1ccccc1)C(=O)c1ccc(OCc2c(C)noc2C)cc1. The Morgan fingerprint density at radius 2 is 1.79 bits per heavy atom. The van der Waals surface area contributed by atoms with Gasteiger partial charge in [-0.1, -0.05) is 35.5 Å². The van der Waals surface area contributed by atoms with Gasteiger partial charge in [0.25, 0.3) is 5.91 Å². The summed E-state index contributed by atoms with van der Waals surface area (Å²) in [6.07, 6.45) is 0.846. The van der Waals surface area contributed by atoms with Gasteiger partial charge in [-0.15, -0.1) is 0 Å². The fraction of sp³-hybridized carbons (Fsp3) is 0.304. The first-order valence-corrected chi connectivity index (χ1v) is 9.56. The van der Waals surface area contributed by atoms with Crippen LogP contribution in [0.2, 0.25) is 0 Å². The summed E-state index contributed by atoms with van der Waals surface area (Å²) in [7, 11) is 0. The predicted octanol–water partition coefficient (Wildman–Crippen LogP) is 4.58. The lowest BCUT2D eigenvalue weighted by molar-refractivity contribution is 0.0766. The predicted molar refractivity (Wildman–Crippen MR) is 108 cm³/mol. The van der Waals surface area contributed by atoms with E-state index >= 15 is 0 Å². The monoisotopic (exact) mass is 378 g/mol. The number of hydrogen-bond donors (Lipinski definition) is 0. The molecule has 2 aromatic carbocycles. The van der Waals surface area contributed by atoms with Crippen molar-refractivity contribution >= 4 is 5.91 Å². The van der Waals surface area contributed by atoms with E-state index in [0.717, 1.165) is 23.4 Å². The summed E-state index contributed by atoms with van der Waals surface area (Å²) in [4.78, 5) is 14.7. The molecule has 0 aliphatic rings. The molecule has 1 heterocycles. The first-order chi connectivity index (χ1) is 13.6. The van der Waals surface area contributed by atoms with Crippen molar-refractivity contribution in [3.63, 3.8) is 0 Å². The third-order valence-electron chi connectivity index (χ3n) is 4.85. The molecule has 5 nitrogen and oxygen atoms in total. The Balaban J connectivity index is 1.58. The number of carbonyl (C=O) groups excluding carboxylic acids is 1. The van der Waals surface area contributed by atoms with Gasteiger partial charge in [0.1, 0.15) is 18.1 Å². The minimum Gasteiger partial charge on any atom is -0.489 e. The number of likely N-dealkylation sites (N-methyl/N-ethyl adjacent to an activating group) is 1. The van der Waals surface area contributed by atoms with Crippen LogP contribution < -0.4 is 4.74 Å². The van der Waals surface area contributed by atoms with E-state index < -0.39 is 0 Å². The standard InChI is InChI=1S/C23H26N2O3/c1-4-25(15-14-19-8-6-5-7-9-19)23(26)20-10-12-21(13-11-20)27-16-22-17(2)24-28-18(22)3/h5-13H,4,14-16H2,1-3H3. The zero-order valence-electron chi connectivity index (χ0n) is 16.6. The number of amides is 1. The van der Waals surface area contributed by atoms with Gasteiger partial charge < -0.3 is 14.2 Å². The molecule has 0 bridgehead atoms. The highest BCUT2D eigenvalue weighted by Crippen LogP contribution is 2.18. The quantitative estimate of drug-likeness (QED) is 0.576. The zero-order chi connectivity index (χ0) is 19.9. The molecule has 5 heteroatoms. The minimum absolute atomic E-state index is 0.0377. The maximum absolute atomic E-state index is 12.8. The molecule has 0 spiro atoms. The second-order valence-corrected chi connectivity index (χ2v) is 6.74. The van der Waals surface area contributed by atoms with Gasteiger partial charge in [0, 0.05) is 18.7 Å². The highest BCUT2D eigenvalue weighted by Gasteiger charge is 2.14. The van der Waals surface area contributed by atoms with Crippen LogP contribution >= 0.6 is 0 Å². The van der Waals surface area contributed by atoms with Crippen molar-refractivity contribution in [1.82, 2.24) is 10.1 Å². The van der Waals surface area contributed by atoms with Crippen LogP contribution in [-0.2, 0) is 13.0 Å². The minimum atomic E-state index is 0.0377. The summed E-state index contributed by atoms with van der Waals surface area (Å²) in [6, 6.07) is 17.5. The Labute approximate surface area is 165 Å². The second-order valence-electron chi connectivity index (χ2n) is 6.74. The van der Waals surface area contributed by atoms with E-state index in [0.29, 0.717) is 31.0 Å². The Kier molecular flexibility index (Phi) is 6.48. The van der Waals surface area contributed by atoms with Gasteiger partial charge >= 0.3 is 0 Å². The van der Waals surface area contributed by atoms with Crippen LogP contribution in [0.25, 0.3) is 0 Å². The molecule has 0 saturated heterocycles. The van der Waals surface area contributed by atoms with Crippen molar-refractivity contribution in [2.24, 2.45) is 0 Å². The molecule has 0 N–H and O–H groups in total. The zero-order valence-corrected chi connectivity index (χ0v) is 16.6. The van der Waals surface area contributed by atoms with Gasteiger partial charge in [0.05, 0.1) is 11.3 Å². The van der Waals surface area contributed by atoms with E-state index in [4.69, 9.17) is 9.26 Å². The van der Waals surface area contributed by atoms with Gasteiger partial charge in [-0.05, 0) is 57.0 Å². The number of aromatic nitrogens is 1. The van der Waals surface area contributed by atoms with E-state index in [9.17, 15) is 4.79 Å². The van der Waals surface area contributed by atoms with Crippen molar-refractivity contribution < 1.29 is 14.1 Å². The molecule has 0 saturated carbocycles. The smallest absolute Gasteiger partial charge is 0.253 e. The van der Waals surface area contributed by atoms with Crippen molar-refractivity contribution in [2.75, 3.05) is 13.1 Å². The van der Waals surface area contributed by atoms with Crippen molar-refractivity contribution in [2.45, 2.75) is 33.8 Å². The number of carbonyl (C=O) groups is 1. The third-order valence-corrected chi connectivity index (χ3v) is 4.85. The first-order valence-electron chi connectivity index (χ1n) is 9.56. The van der Waals surface area contributed by atoms with Crippen LogP contribution in [0.15, 0.2) is 59.1 Å². The molecule has 0 radical (unpaired) electrons. The van der Waals surface area contributed by atoms with E-state index in [-0.39, 0.29) is 5.91 Å². The third kappa shape index (κ3) is 4.80. The normalized spacial score (nSPS) is 10.7.